The van der Waals surface area contributed by atoms with E-state index in [1.807, 2.05) is 101 Å². The average molecular weight is 951 g/mol. The number of phenols is 5. The van der Waals surface area contributed by atoms with E-state index in [-0.39, 0.29) is 0 Å². The second-order valence-corrected chi connectivity index (χ2v) is 18.4. The van der Waals surface area contributed by atoms with Crippen LogP contribution < -0.4 is 0 Å². The van der Waals surface area contributed by atoms with Crippen LogP contribution in [0, 0.1) is 48.5 Å². The molecular weight excluding hydrogens is 882 g/mol. The van der Waals surface area contributed by atoms with Gasteiger partial charge in [-0.15, -0.1) is 0 Å². The molecule has 10 heteroatoms. The Morgan fingerprint density at radius 1 is 0.452 bits per heavy atom. The third-order valence-electron chi connectivity index (χ3n) is 10.7. The zero-order chi connectivity index (χ0) is 47.9. The lowest BCUT2D eigenvalue weighted by atomic mass is 9.95. The number of hydrogen-bond acceptors (Lipinski definition) is 5. The Kier molecular flexibility index (Phi) is 24.1. The van der Waals surface area contributed by atoms with E-state index in [9.17, 15) is 25.5 Å². The molecule has 0 amide bonds. The molecule has 1 unspecified atom stereocenters. The van der Waals surface area contributed by atoms with Gasteiger partial charge >= 0.3 is 0 Å². The number of halogens is 5. The lowest BCUT2D eigenvalue weighted by Crippen LogP contribution is -1.95. The monoisotopic (exact) mass is 948 g/mol. The zero-order valence-electron chi connectivity index (χ0n) is 39.3. The number of rotatable bonds is 7. The quantitative estimate of drug-likeness (QED) is 0.112. The van der Waals surface area contributed by atoms with Crippen molar-refractivity contribution < 1.29 is 25.5 Å². The summed E-state index contributed by atoms with van der Waals surface area (Å²) < 4.78 is 0. The van der Waals surface area contributed by atoms with Crippen LogP contribution >= 0.6 is 58.0 Å². The molecule has 5 N–H and O–H groups in total. The molecule has 1 atom stereocenters. The molecule has 5 aromatic rings. The third kappa shape index (κ3) is 16.3. The highest BCUT2D eigenvalue weighted by Crippen LogP contribution is 2.36. The summed E-state index contributed by atoms with van der Waals surface area (Å²) in [6, 6.07) is 14.1. The molecule has 342 valence electrons. The van der Waals surface area contributed by atoms with E-state index in [4.69, 9.17) is 58.0 Å². The predicted octanol–water partition coefficient (Wildman–Crippen LogP) is 17.7. The lowest BCUT2D eigenvalue weighted by molar-refractivity contribution is 0.461. The van der Waals surface area contributed by atoms with Crippen molar-refractivity contribution >= 4 is 58.0 Å². The van der Waals surface area contributed by atoms with Crippen molar-refractivity contribution in [3.8, 4) is 28.7 Å². The van der Waals surface area contributed by atoms with Crippen LogP contribution in [0.3, 0.4) is 0 Å². The molecule has 0 fully saturated rings. The van der Waals surface area contributed by atoms with Crippen LogP contribution in [0.15, 0.2) is 48.5 Å². The van der Waals surface area contributed by atoms with Gasteiger partial charge in [-0.3, -0.25) is 0 Å². The normalized spacial score (nSPS) is 11.1. The van der Waals surface area contributed by atoms with Gasteiger partial charge in [0.25, 0.3) is 0 Å². The standard InChI is InChI=1S/2C11H15ClO.3C10H13ClO/c1-6(2)10-8(4)11(12)7(3)5-9(10)13;1-4-7(2)9-6-10(12)8(3)5-11(9)13;1-6(2)8-5-9(11)7(3)4-10(8)12;1-4-8-7(3)10(11)6(2)5-9(8)12;1-3-4-8-6-9(11)7(2)5-10(8)12/h5-6,13H,1-4H3;5-7,13H,4H2,1-3H3;4-6,12H,1-3H3;5,12H,4H2,1-3H3;5-6,12H,3-4H2,1-2H3. The number of aryl methyl sites for hydroxylation is 6. The van der Waals surface area contributed by atoms with Crippen molar-refractivity contribution in [1.29, 1.82) is 0 Å². The van der Waals surface area contributed by atoms with Crippen molar-refractivity contribution in [2.45, 2.75) is 147 Å². The molecule has 5 rings (SSSR count). The Morgan fingerprint density at radius 2 is 0.855 bits per heavy atom. The Labute approximate surface area is 397 Å². The highest BCUT2D eigenvalue weighted by Gasteiger charge is 2.14. The molecule has 0 heterocycles. The van der Waals surface area contributed by atoms with Gasteiger partial charge in [0.1, 0.15) is 28.7 Å². The minimum Gasteiger partial charge on any atom is -0.508 e. The minimum absolute atomic E-state index is 0.304. The number of phenolic OH excluding ortho intramolecular Hbond substituents is 5. The van der Waals surface area contributed by atoms with Crippen molar-refractivity contribution in [2.75, 3.05) is 0 Å². The summed E-state index contributed by atoms with van der Waals surface area (Å²) in [7, 11) is 0. The number of benzene rings is 5. The van der Waals surface area contributed by atoms with E-state index in [0.717, 1.165) is 118 Å². The molecule has 0 aliphatic carbocycles. The lowest BCUT2D eigenvalue weighted by Gasteiger charge is -2.14. The van der Waals surface area contributed by atoms with Crippen molar-refractivity contribution in [2.24, 2.45) is 0 Å². The van der Waals surface area contributed by atoms with Gasteiger partial charge in [0.05, 0.1) is 0 Å². The van der Waals surface area contributed by atoms with E-state index >= 15 is 0 Å². The number of aromatic hydroxyl groups is 5. The average Bonchev–Trinajstić information content (AvgIpc) is 3.18. The summed E-state index contributed by atoms with van der Waals surface area (Å²) in [5, 5.41) is 51.6. The summed E-state index contributed by atoms with van der Waals surface area (Å²) in [6.07, 6.45) is 3.73. The molecule has 5 nitrogen and oxygen atoms in total. The SMILES string of the molecule is CCC(C)c1cc(Cl)c(C)cc1O.CCCc1cc(Cl)c(C)cc1O.CCc1c(O)cc(C)c(Cl)c1C.Cc1cc(O)c(C(C)C)c(C)c1Cl.Cc1cc(O)c(C(C)C)cc1Cl. The van der Waals surface area contributed by atoms with E-state index in [1.54, 1.807) is 30.3 Å². The Bertz CT molecular complexity index is 2250. The maximum absolute atomic E-state index is 9.71. The van der Waals surface area contributed by atoms with Crippen LogP contribution in [0.1, 0.15) is 153 Å². The topological polar surface area (TPSA) is 101 Å². The fourth-order valence-corrected chi connectivity index (χ4v) is 7.58. The van der Waals surface area contributed by atoms with Gasteiger partial charge in [-0.2, -0.15) is 0 Å². The predicted molar refractivity (Wildman–Crippen MR) is 269 cm³/mol. The minimum atomic E-state index is 0.304. The van der Waals surface area contributed by atoms with E-state index in [1.165, 1.54) is 0 Å². The van der Waals surface area contributed by atoms with E-state index in [2.05, 4.69) is 20.8 Å². The first-order valence-corrected chi connectivity index (χ1v) is 23.1. The van der Waals surface area contributed by atoms with Gasteiger partial charge < -0.3 is 25.5 Å². The summed E-state index contributed by atoms with van der Waals surface area (Å²) >= 11 is 29.9. The summed E-state index contributed by atoms with van der Waals surface area (Å²) in [6.45, 7) is 29.8. The highest BCUT2D eigenvalue weighted by atomic mass is 35.5. The fraction of sp³-hybridized carbons (Fsp3) is 0.423. The molecule has 5 aromatic carbocycles. The molecule has 0 bridgehead atoms. The van der Waals surface area contributed by atoms with Crippen molar-refractivity contribution in [3.63, 3.8) is 0 Å². The second-order valence-electron chi connectivity index (χ2n) is 16.5. The van der Waals surface area contributed by atoms with E-state index in [0.29, 0.717) is 46.5 Å². The summed E-state index contributed by atoms with van der Waals surface area (Å²) in [4.78, 5) is 0. The molecule has 0 saturated heterocycles. The molecule has 0 saturated carbocycles. The first-order chi connectivity index (χ1) is 28.7. The molecule has 0 spiro atoms. The molecule has 62 heavy (non-hydrogen) atoms. The molecule has 0 aromatic heterocycles. The fourth-order valence-electron chi connectivity index (χ4n) is 6.72. The van der Waals surface area contributed by atoms with Crippen LogP contribution in [0.5, 0.6) is 28.7 Å². The first kappa shape index (κ1) is 56.6. The van der Waals surface area contributed by atoms with Crippen LogP contribution in [0.25, 0.3) is 0 Å². The smallest absolute Gasteiger partial charge is 0.119 e. The third-order valence-corrected chi connectivity index (χ3v) is 13.1. The molecule has 0 aliphatic rings. The largest absolute Gasteiger partial charge is 0.508 e. The van der Waals surface area contributed by atoms with Gasteiger partial charge in [0.15, 0.2) is 0 Å². The van der Waals surface area contributed by atoms with Crippen LogP contribution in [0.2, 0.25) is 25.1 Å². The van der Waals surface area contributed by atoms with Gasteiger partial charge in [-0.25, -0.2) is 0 Å². The number of hydrogen-bond donors (Lipinski definition) is 5. The second kappa shape index (κ2) is 26.4. The van der Waals surface area contributed by atoms with Gasteiger partial charge in [-0.05, 0) is 195 Å². The zero-order valence-corrected chi connectivity index (χ0v) is 43.1. The molecule has 0 aliphatic heterocycles. The van der Waals surface area contributed by atoms with Crippen molar-refractivity contribution in [1.82, 2.24) is 0 Å². The van der Waals surface area contributed by atoms with E-state index < -0.39 is 0 Å². The van der Waals surface area contributed by atoms with Crippen LogP contribution in [-0.4, -0.2) is 25.5 Å². The van der Waals surface area contributed by atoms with Gasteiger partial charge in [-0.1, -0.05) is 120 Å². The first-order valence-electron chi connectivity index (χ1n) is 21.2. The summed E-state index contributed by atoms with van der Waals surface area (Å²) in [5.74, 6) is 2.74. The van der Waals surface area contributed by atoms with Gasteiger partial charge in [0, 0.05) is 30.7 Å². The maximum Gasteiger partial charge on any atom is 0.119 e. The summed E-state index contributed by atoms with van der Waals surface area (Å²) in [5.41, 5.74) is 11.3. The Hall–Kier alpha value is -3.45. The molecule has 0 radical (unpaired) electrons. The Morgan fingerprint density at radius 3 is 1.29 bits per heavy atom. The highest BCUT2D eigenvalue weighted by molar-refractivity contribution is 6.33. The Balaban J connectivity index is 0.000000388. The van der Waals surface area contributed by atoms with Crippen LogP contribution in [0.4, 0.5) is 0 Å². The molecular formula is C52H69Cl5O5. The van der Waals surface area contributed by atoms with Crippen molar-refractivity contribution in [3.05, 3.63) is 140 Å². The van der Waals surface area contributed by atoms with Crippen LogP contribution in [-0.2, 0) is 12.8 Å². The van der Waals surface area contributed by atoms with Gasteiger partial charge in [0.2, 0.25) is 0 Å². The maximum atomic E-state index is 9.71.